The van der Waals surface area contributed by atoms with Crippen molar-refractivity contribution in [1.82, 2.24) is 0 Å². The molecule has 1 amide bonds. The Morgan fingerprint density at radius 2 is 2.18 bits per heavy atom. The SMILES string of the molecule is CCOc1cc(CCN)ccc1NC(=O)CC. The zero-order valence-electron chi connectivity index (χ0n) is 10.5. The molecule has 0 heterocycles. The molecule has 0 spiro atoms. The van der Waals surface area contributed by atoms with Gasteiger partial charge in [-0.2, -0.15) is 0 Å². The van der Waals surface area contributed by atoms with Gasteiger partial charge in [0.05, 0.1) is 12.3 Å². The van der Waals surface area contributed by atoms with E-state index in [1.165, 1.54) is 0 Å². The predicted molar refractivity (Wildman–Crippen MR) is 69.3 cm³/mol. The van der Waals surface area contributed by atoms with Crippen LogP contribution in [0.25, 0.3) is 0 Å². The highest BCUT2D eigenvalue weighted by Crippen LogP contribution is 2.26. The lowest BCUT2D eigenvalue weighted by Gasteiger charge is -2.12. The molecule has 4 heteroatoms. The minimum absolute atomic E-state index is 0.0162. The molecule has 1 aromatic rings. The van der Waals surface area contributed by atoms with Crippen molar-refractivity contribution in [2.24, 2.45) is 5.73 Å². The first kappa shape index (κ1) is 13.5. The summed E-state index contributed by atoms with van der Waals surface area (Å²) >= 11 is 0. The van der Waals surface area contributed by atoms with Gasteiger partial charge in [0.25, 0.3) is 0 Å². The maximum absolute atomic E-state index is 11.4. The lowest BCUT2D eigenvalue weighted by molar-refractivity contribution is -0.115. The number of ether oxygens (including phenoxy) is 1. The first-order valence-electron chi connectivity index (χ1n) is 5.96. The number of carbonyl (C=O) groups is 1. The summed E-state index contributed by atoms with van der Waals surface area (Å²) in [6.07, 6.45) is 1.26. The fourth-order valence-electron chi connectivity index (χ4n) is 1.51. The van der Waals surface area contributed by atoms with Crippen LogP contribution < -0.4 is 15.8 Å². The van der Waals surface area contributed by atoms with E-state index < -0.39 is 0 Å². The van der Waals surface area contributed by atoms with Crippen molar-refractivity contribution in [3.05, 3.63) is 23.8 Å². The van der Waals surface area contributed by atoms with Crippen LogP contribution in [0.4, 0.5) is 5.69 Å². The van der Waals surface area contributed by atoms with Crippen molar-refractivity contribution in [2.45, 2.75) is 26.7 Å². The Morgan fingerprint density at radius 1 is 1.41 bits per heavy atom. The number of rotatable bonds is 6. The molecule has 0 aliphatic rings. The van der Waals surface area contributed by atoms with Gasteiger partial charge in [-0.25, -0.2) is 0 Å². The third-order valence-corrected chi connectivity index (χ3v) is 2.37. The lowest BCUT2D eigenvalue weighted by atomic mass is 10.1. The first-order valence-corrected chi connectivity index (χ1v) is 5.96. The van der Waals surface area contributed by atoms with Gasteiger partial charge in [0.1, 0.15) is 5.75 Å². The molecule has 0 aromatic heterocycles. The topological polar surface area (TPSA) is 64.3 Å². The normalized spacial score (nSPS) is 10.1. The molecule has 94 valence electrons. The van der Waals surface area contributed by atoms with Crippen molar-refractivity contribution >= 4 is 11.6 Å². The van der Waals surface area contributed by atoms with Crippen LogP contribution in [0.3, 0.4) is 0 Å². The second kappa shape index (κ2) is 6.91. The number of carbonyl (C=O) groups excluding carboxylic acids is 1. The fourth-order valence-corrected chi connectivity index (χ4v) is 1.51. The summed E-state index contributed by atoms with van der Waals surface area (Å²) in [6, 6.07) is 5.76. The highest BCUT2D eigenvalue weighted by atomic mass is 16.5. The zero-order chi connectivity index (χ0) is 12.7. The molecule has 0 aliphatic heterocycles. The van der Waals surface area contributed by atoms with E-state index in [9.17, 15) is 4.79 Å². The molecule has 0 saturated heterocycles. The molecule has 0 radical (unpaired) electrons. The first-order chi connectivity index (χ1) is 8.21. The highest BCUT2D eigenvalue weighted by molar-refractivity contribution is 5.92. The van der Waals surface area contributed by atoms with Crippen LogP contribution in [0.2, 0.25) is 0 Å². The maximum atomic E-state index is 11.4. The minimum atomic E-state index is -0.0162. The summed E-state index contributed by atoms with van der Waals surface area (Å²) in [5, 5.41) is 2.82. The Kier molecular flexibility index (Phi) is 5.49. The average molecular weight is 236 g/mol. The predicted octanol–water partition coefficient (Wildman–Crippen LogP) is 1.93. The van der Waals surface area contributed by atoms with E-state index >= 15 is 0 Å². The van der Waals surface area contributed by atoms with E-state index in [1.807, 2.05) is 32.0 Å². The molecule has 0 unspecified atom stereocenters. The van der Waals surface area contributed by atoms with E-state index in [2.05, 4.69) is 5.32 Å². The molecular formula is C13H20N2O2. The van der Waals surface area contributed by atoms with E-state index in [-0.39, 0.29) is 5.91 Å². The van der Waals surface area contributed by atoms with E-state index in [4.69, 9.17) is 10.5 Å². The molecule has 0 bridgehead atoms. The second-order valence-corrected chi connectivity index (χ2v) is 3.70. The minimum Gasteiger partial charge on any atom is -0.492 e. The molecule has 17 heavy (non-hydrogen) atoms. The summed E-state index contributed by atoms with van der Waals surface area (Å²) in [4.78, 5) is 11.4. The number of hydrogen-bond acceptors (Lipinski definition) is 3. The lowest BCUT2D eigenvalue weighted by Crippen LogP contribution is -2.11. The van der Waals surface area contributed by atoms with Crippen LogP contribution in [0, 0.1) is 0 Å². The number of anilines is 1. The zero-order valence-corrected chi connectivity index (χ0v) is 10.5. The van der Waals surface area contributed by atoms with Crippen LogP contribution >= 0.6 is 0 Å². The van der Waals surface area contributed by atoms with Gasteiger partial charge in [0.15, 0.2) is 0 Å². The van der Waals surface area contributed by atoms with Gasteiger partial charge in [-0.05, 0) is 37.6 Å². The van der Waals surface area contributed by atoms with Crippen molar-refractivity contribution in [3.63, 3.8) is 0 Å². The third kappa shape index (κ3) is 4.07. The largest absolute Gasteiger partial charge is 0.492 e. The number of amides is 1. The van der Waals surface area contributed by atoms with E-state index in [0.29, 0.717) is 25.3 Å². The Balaban J connectivity index is 2.90. The summed E-state index contributed by atoms with van der Waals surface area (Å²) < 4.78 is 5.51. The van der Waals surface area contributed by atoms with E-state index in [0.717, 1.165) is 17.7 Å². The van der Waals surface area contributed by atoms with Crippen molar-refractivity contribution in [3.8, 4) is 5.75 Å². The number of benzene rings is 1. The third-order valence-electron chi connectivity index (χ3n) is 2.37. The van der Waals surface area contributed by atoms with Gasteiger partial charge < -0.3 is 15.8 Å². The van der Waals surface area contributed by atoms with Crippen LogP contribution in [-0.2, 0) is 11.2 Å². The molecule has 3 N–H and O–H groups in total. The molecular weight excluding hydrogens is 216 g/mol. The molecule has 1 aromatic carbocycles. The molecule has 0 aliphatic carbocycles. The average Bonchev–Trinajstić information content (AvgIpc) is 2.33. The van der Waals surface area contributed by atoms with Gasteiger partial charge in [-0.3, -0.25) is 4.79 Å². The quantitative estimate of drug-likeness (QED) is 0.793. The Morgan fingerprint density at radius 3 is 2.76 bits per heavy atom. The van der Waals surface area contributed by atoms with Gasteiger partial charge in [-0.1, -0.05) is 13.0 Å². The molecule has 0 saturated carbocycles. The van der Waals surface area contributed by atoms with Gasteiger partial charge in [-0.15, -0.1) is 0 Å². The monoisotopic (exact) mass is 236 g/mol. The van der Waals surface area contributed by atoms with Crippen LogP contribution in [0.1, 0.15) is 25.8 Å². The Bertz CT molecular complexity index is 378. The van der Waals surface area contributed by atoms with Crippen LogP contribution in [-0.4, -0.2) is 19.1 Å². The van der Waals surface area contributed by atoms with Gasteiger partial charge >= 0.3 is 0 Å². The van der Waals surface area contributed by atoms with Gasteiger partial charge in [0, 0.05) is 6.42 Å². The molecule has 0 atom stereocenters. The van der Waals surface area contributed by atoms with Gasteiger partial charge in [0.2, 0.25) is 5.91 Å². The molecule has 4 nitrogen and oxygen atoms in total. The van der Waals surface area contributed by atoms with Crippen molar-refractivity contribution in [1.29, 1.82) is 0 Å². The molecule has 0 fully saturated rings. The van der Waals surface area contributed by atoms with Crippen LogP contribution in [0.5, 0.6) is 5.75 Å². The Hall–Kier alpha value is -1.55. The number of nitrogens with one attached hydrogen (secondary N) is 1. The summed E-state index contributed by atoms with van der Waals surface area (Å²) in [6.45, 7) is 4.91. The fraction of sp³-hybridized carbons (Fsp3) is 0.462. The summed E-state index contributed by atoms with van der Waals surface area (Å²) in [5.74, 6) is 0.692. The number of hydrogen-bond donors (Lipinski definition) is 2. The smallest absolute Gasteiger partial charge is 0.224 e. The van der Waals surface area contributed by atoms with E-state index in [1.54, 1.807) is 0 Å². The maximum Gasteiger partial charge on any atom is 0.224 e. The Labute approximate surface area is 102 Å². The second-order valence-electron chi connectivity index (χ2n) is 3.70. The summed E-state index contributed by atoms with van der Waals surface area (Å²) in [7, 11) is 0. The highest BCUT2D eigenvalue weighted by Gasteiger charge is 2.07. The summed E-state index contributed by atoms with van der Waals surface area (Å²) in [5.41, 5.74) is 7.35. The van der Waals surface area contributed by atoms with Crippen molar-refractivity contribution in [2.75, 3.05) is 18.5 Å². The number of nitrogens with two attached hydrogens (primary N) is 1. The van der Waals surface area contributed by atoms with Crippen molar-refractivity contribution < 1.29 is 9.53 Å². The van der Waals surface area contributed by atoms with Crippen LogP contribution in [0.15, 0.2) is 18.2 Å². The molecule has 1 rings (SSSR count). The standard InChI is InChI=1S/C13H20N2O2/c1-3-13(16)15-11-6-5-10(7-8-14)9-12(11)17-4-2/h5-6,9H,3-4,7-8,14H2,1-2H3,(H,15,16).